The second-order valence-electron chi connectivity index (χ2n) is 4.97. The molecule has 1 saturated heterocycles. The molecule has 1 aliphatic heterocycles. The summed E-state index contributed by atoms with van der Waals surface area (Å²) >= 11 is 1.75. The number of nitrogens with zero attached hydrogens (tertiary/aromatic N) is 2. The molecule has 0 aromatic carbocycles. The smallest absolute Gasteiger partial charge is 0.129 e. The van der Waals surface area contributed by atoms with Gasteiger partial charge in [0.25, 0.3) is 0 Å². The van der Waals surface area contributed by atoms with Gasteiger partial charge in [-0.3, -0.25) is 0 Å². The molecular weight excluding hydrogens is 232 g/mol. The minimum atomic E-state index is 0.277. The molecule has 1 fully saturated rings. The Kier molecular flexibility index (Phi) is 4.29. The lowest BCUT2D eigenvalue weighted by Gasteiger charge is -2.06. The lowest BCUT2D eigenvalue weighted by Crippen LogP contribution is -2.13. The van der Waals surface area contributed by atoms with E-state index >= 15 is 0 Å². The zero-order valence-corrected chi connectivity index (χ0v) is 11.4. The molecule has 0 saturated carbocycles. The van der Waals surface area contributed by atoms with Crippen LogP contribution < -0.4 is 0 Å². The van der Waals surface area contributed by atoms with Crippen LogP contribution in [0.25, 0.3) is 0 Å². The zero-order chi connectivity index (χ0) is 12.3. The van der Waals surface area contributed by atoms with Crippen LogP contribution in [-0.4, -0.2) is 35.8 Å². The lowest BCUT2D eigenvalue weighted by molar-refractivity contribution is -0.117. The van der Waals surface area contributed by atoms with Gasteiger partial charge in [0.2, 0.25) is 0 Å². The number of rotatable bonds is 5. The Hall–Kier alpha value is -0.740. The van der Waals surface area contributed by atoms with Crippen molar-refractivity contribution in [2.24, 2.45) is 0 Å². The van der Waals surface area contributed by atoms with Gasteiger partial charge >= 0.3 is 0 Å². The highest BCUT2D eigenvalue weighted by Gasteiger charge is 2.23. The number of ketones is 1. The van der Waals surface area contributed by atoms with Crippen molar-refractivity contribution in [2.45, 2.75) is 38.5 Å². The maximum atomic E-state index is 10.9. The second kappa shape index (κ2) is 5.74. The SMILES string of the molecule is CC(=O)CCCc1nc(C2CCN(C)C2)cs1. The van der Waals surface area contributed by atoms with Gasteiger partial charge < -0.3 is 9.69 Å². The molecule has 4 heteroatoms. The predicted octanol–water partition coefficient (Wildman–Crippen LogP) is 2.47. The molecule has 0 aliphatic carbocycles. The van der Waals surface area contributed by atoms with Gasteiger partial charge in [-0.2, -0.15) is 0 Å². The topological polar surface area (TPSA) is 33.2 Å². The summed E-state index contributed by atoms with van der Waals surface area (Å²) in [5, 5.41) is 3.39. The molecule has 0 bridgehead atoms. The summed E-state index contributed by atoms with van der Waals surface area (Å²) in [6.07, 6.45) is 3.80. The maximum Gasteiger partial charge on any atom is 0.129 e. The van der Waals surface area contributed by atoms with Crippen LogP contribution in [0.1, 0.15) is 42.8 Å². The number of thiazole rings is 1. The van der Waals surface area contributed by atoms with E-state index in [1.165, 1.54) is 23.7 Å². The van der Waals surface area contributed by atoms with Gasteiger partial charge in [-0.05, 0) is 39.8 Å². The molecule has 1 unspecified atom stereocenters. The Morgan fingerprint density at radius 3 is 3.12 bits per heavy atom. The fourth-order valence-corrected chi connectivity index (χ4v) is 3.21. The Bertz CT molecular complexity index is 389. The molecule has 1 aromatic heterocycles. The number of carbonyl (C=O) groups is 1. The van der Waals surface area contributed by atoms with Gasteiger partial charge in [-0.15, -0.1) is 11.3 Å². The third-order valence-electron chi connectivity index (χ3n) is 3.30. The van der Waals surface area contributed by atoms with E-state index in [0.29, 0.717) is 12.3 Å². The van der Waals surface area contributed by atoms with Gasteiger partial charge in [-0.25, -0.2) is 4.98 Å². The number of carbonyl (C=O) groups excluding carboxylic acids is 1. The summed E-state index contributed by atoms with van der Waals surface area (Å²) in [6.45, 7) is 3.97. The maximum absolute atomic E-state index is 10.9. The minimum Gasteiger partial charge on any atom is -0.306 e. The van der Waals surface area contributed by atoms with Gasteiger partial charge in [0.05, 0.1) is 10.7 Å². The number of hydrogen-bond acceptors (Lipinski definition) is 4. The zero-order valence-electron chi connectivity index (χ0n) is 10.6. The molecule has 94 valence electrons. The van der Waals surface area contributed by atoms with Crippen LogP contribution in [0, 0.1) is 0 Å². The summed E-state index contributed by atoms with van der Waals surface area (Å²) in [5.74, 6) is 0.900. The van der Waals surface area contributed by atoms with E-state index in [1.807, 2.05) is 0 Å². The summed E-state index contributed by atoms with van der Waals surface area (Å²) in [4.78, 5) is 17.9. The standard InChI is InChI=1S/C13H20N2OS/c1-10(16)4-3-5-13-14-12(9-17-13)11-6-7-15(2)8-11/h9,11H,3-8H2,1-2H3. The number of likely N-dealkylation sites (N-methyl/N-ethyl adjacent to an activating group) is 1. The highest BCUT2D eigenvalue weighted by Crippen LogP contribution is 2.27. The summed E-state index contributed by atoms with van der Waals surface area (Å²) in [5.41, 5.74) is 1.26. The Labute approximate surface area is 107 Å². The molecule has 2 rings (SSSR count). The van der Waals surface area contributed by atoms with Gasteiger partial charge in [0.1, 0.15) is 5.78 Å². The number of Topliss-reactive ketones (excluding diaryl/α,β-unsaturated/α-hetero) is 1. The molecule has 1 aromatic rings. The summed E-state index contributed by atoms with van der Waals surface area (Å²) < 4.78 is 0. The van der Waals surface area contributed by atoms with E-state index in [1.54, 1.807) is 18.3 Å². The van der Waals surface area contributed by atoms with E-state index in [-0.39, 0.29) is 5.78 Å². The molecule has 2 heterocycles. The van der Waals surface area contributed by atoms with Crippen LogP contribution >= 0.6 is 11.3 Å². The highest BCUT2D eigenvalue weighted by molar-refractivity contribution is 7.09. The monoisotopic (exact) mass is 252 g/mol. The number of hydrogen-bond donors (Lipinski definition) is 0. The number of aryl methyl sites for hydroxylation is 1. The van der Waals surface area contributed by atoms with Crippen molar-refractivity contribution in [3.63, 3.8) is 0 Å². The van der Waals surface area contributed by atoms with Gasteiger partial charge in [0.15, 0.2) is 0 Å². The minimum absolute atomic E-state index is 0.277. The van der Waals surface area contributed by atoms with Crippen LogP contribution in [0.15, 0.2) is 5.38 Å². The fourth-order valence-electron chi connectivity index (χ4n) is 2.29. The van der Waals surface area contributed by atoms with Crippen LogP contribution in [0.5, 0.6) is 0 Å². The van der Waals surface area contributed by atoms with Gasteiger partial charge in [0, 0.05) is 24.3 Å². The van der Waals surface area contributed by atoms with E-state index in [9.17, 15) is 4.79 Å². The Morgan fingerprint density at radius 2 is 2.47 bits per heavy atom. The fraction of sp³-hybridized carbons (Fsp3) is 0.692. The third-order valence-corrected chi connectivity index (χ3v) is 4.23. The van der Waals surface area contributed by atoms with Crippen LogP contribution in [0.2, 0.25) is 0 Å². The van der Waals surface area contributed by atoms with Crippen molar-refractivity contribution >= 4 is 17.1 Å². The molecule has 1 atom stereocenters. The average molecular weight is 252 g/mol. The van der Waals surface area contributed by atoms with Gasteiger partial charge in [-0.1, -0.05) is 0 Å². The first-order valence-electron chi connectivity index (χ1n) is 6.27. The Balaban J connectivity index is 1.85. The van der Waals surface area contributed by atoms with E-state index < -0.39 is 0 Å². The molecule has 0 spiro atoms. The van der Waals surface area contributed by atoms with Crippen molar-refractivity contribution < 1.29 is 4.79 Å². The third kappa shape index (κ3) is 3.61. The lowest BCUT2D eigenvalue weighted by atomic mass is 10.1. The average Bonchev–Trinajstić information content (AvgIpc) is 2.86. The van der Waals surface area contributed by atoms with Crippen molar-refractivity contribution in [1.82, 2.24) is 9.88 Å². The number of likely N-dealkylation sites (tertiary alicyclic amines) is 1. The van der Waals surface area contributed by atoms with Crippen molar-refractivity contribution in [3.05, 3.63) is 16.1 Å². The number of aromatic nitrogens is 1. The highest BCUT2D eigenvalue weighted by atomic mass is 32.1. The second-order valence-corrected chi connectivity index (χ2v) is 5.91. The normalized spacial score (nSPS) is 20.9. The first kappa shape index (κ1) is 12.7. The van der Waals surface area contributed by atoms with E-state index in [2.05, 4.69) is 17.3 Å². The quantitative estimate of drug-likeness (QED) is 0.807. The first-order valence-corrected chi connectivity index (χ1v) is 7.15. The molecule has 0 radical (unpaired) electrons. The molecule has 17 heavy (non-hydrogen) atoms. The molecular formula is C13H20N2OS. The summed E-state index contributed by atoms with van der Waals surface area (Å²) in [7, 11) is 2.17. The van der Waals surface area contributed by atoms with Crippen LogP contribution in [0.3, 0.4) is 0 Å². The molecule has 3 nitrogen and oxygen atoms in total. The molecule has 0 amide bonds. The van der Waals surface area contributed by atoms with Crippen LogP contribution in [0.4, 0.5) is 0 Å². The largest absolute Gasteiger partial charge is 0.306 e. The predicted molar refractivity (Wildman–Crippen MR) is 70.6 cm³/mol. The van der Waals surface area contributed by atoms with Crippen molar-refractivity contribution in [1.29, 1.82) is 0 Å². The van der Waals surface area contributed by atoms with E-state index in [4.69, 9.17) is 4.98 Å². The molecule has 1 aliphatic rings. The van der Waals surface area contributed by atoms with Crippen molar-refractivity contribution in [2.75, 3.05) is 20.1 Å². The summed E-state index contributed by atoms with van der Waals surface area (Å²) in [6, 6.07) is 0. The van der Waals surface area contributed by atoms with Crippen LogP contribution in [-0.2, 0) is 11.2 Å². The van der Waals surface area contributed by atoms with E-state index in [0.717, 1.165) is 19.4 Å². The first-order chi connectivity index (χ1) is 8.15. The van der Waals surface area contributed by atoms with Crippen molar-refractivity contribution in [3.8, 4) is 0 Å². The Morgan fingerprint density at radius 1 is 1.65 bits per heavy atom. The molecule has 0 N–H and O–H groups in total.